The van der Waals surface area contributed by atoms with Crippen LogP contribution < -0.4 is 10.1 Å². The maximum Gasteiger partial charge on any atom is 0.251 e. The van der Waals surface area contributed by atoms with Crippen LogP contribution in [0.1, 0.15) is 36.3 Å². The Morgan fingerprint density at radius 2 is 2.09 bits per heavy atom. The van der Waals surface area contributed by atoms with E-state index in [0.29, 0.717) is 25.3 Å². The summed E-state index contributed by atoms with van der Waals surface area (Å²) in [7, 11) is 0. The molecular weight excluding hydrogens is 312 g/mol. The summed E-state index contributed by atoms with van der Waals surface area (Å²) in [6, 6.07) is 7.11. The number of carbonyl (C=O) groups excluding carboxylic acids is 1. The molecule has 2 aromatic rings. The minimum atomic E-state index is -0.0828. The highest BCUT2D eigenvalue weighted by Gasteiger charge is 2.05. The molecule has 0 atom stereocenters. The number of ether oxygens (including phenoxy) is 2. The Balaban J connectivity index is 1.71. The normalized spacial score (nSPS) is 10.7. The number of hydrogen-bond donors (Lipinski definition) is 1. The molecule has 1 amide bonds. The SMILES string of the molecule is CC(C)OCCCNC(=O)c1ccc(OCc2cscn2)cc1. The molecule has 1 heterocycles. The molecule has 0 bridgehead atoms. The summed E-state index contributed by atoms with van der Waals surface area (Å²) in [4.78, 5) is 16.2. The number of amides is 1. The Labute approximate surface area is 140 Å². The van der Waals surface area contributed by atoms with Crippen molar-refractivity contribution in [1.29, 1.82) is 0 Å². The van der Waals surface area contributed by atoms with E-state index < -0.39 is 0 Å². The van der Waals surface area contributed by atoms with Crippen LogP contribution in [0.4, 0.5) is 0 Å². The van der Waals surface area contributed by atoms with E-state index in [2.05, 4.69) is 10.3 Å². The molecule has 0 aliphatic heterocycles. The zero-order valence-corrected chi connectivity index (χ0v) is 14.3. The number of aromatic nitrogens is 1. The van der Waals surface area contributed by atoms with Crippen LogP contribution >= 0.6 is 11.3 Å². The molecule has 0 unspecified atom stereocenters. The molecule has 0 saturated heterocycles. The number of rotatable bonds is 9. The van der Waals surface area contributed by atoms with Crippen LogP contribution in [-0.2, 0) is 11.3 Å². The minimum absolute atomic E-state index is 0.0828. The molecule has 6 heteroatoms. The van der Waals surface area contributed by atoms with Gasteiger partial charge in [0, 0.05) is 24.1 Å². The fraction of sp³-hybridized carbons (Fsp3) is 0.412. The van der Waals surface area contributed by atoms with Gasteiger partial charge in [-0.15, -0.1) is 11.3 Å². The third kappa shape index (κ3) is 6.38. The number of nitrogens with zero attached hydrogens (tertiary/aromatic N) is 1. The first-order valence-corrected chi connectivity index (χ1v) is 8.59. The van der Waals surface area contributed by atoms with E-state index in [-0.39, 0.29) is 12.0 Å². The summed E-state index contributed by atoms with van der Waals surface area (Å²) in [5.41, 5.74) is 3.30. The van der Waals surface area contributed by atoms with Gasteiger partial charge in [0.2, 0.25) is 0 Å². The highest BCUT2D eigenvalue weighted by Crippen LogP contribution is 2.14. The molecule has 1 aromatic carbocycles. The fourth-order valence-corrected chi connectivity index (χ4v) is 2.41. The van der Waals surface area contributed by atoms with Gasteiger partial charge < -0.3 is 14.8 Å². The average Bonchev–Trinajstić information content (AvgIpc) is 3.06. The lowest BCUT2D eigenvalue weighted by Crippen LogP contribution is -2.25. The fourth-order valence-electron chi connectivity index (χ4n) is 1.86. The molecule has 0 aliphatic carbocycles. The van der Waals surface area contributed by atoms with E-state index in [1.54, 1.807) is 41.1 Å². The zero-order chi connectivity index (χ0) is 16.5. The summed E-state index contributed by atoms with van der Waals surface area (Å²) >= 11 is 1.54. The van der Waals surface area contributed by atoms with Crippen LogP contribution in [-0.4, -0.2) is 30.1 Å². The van der Waals surface area contributed by atoms with Gasteiger partial charge in [-0.25, -0.2) is 4.98 Å². The van der Waals surface area contributed by atoms with Gasteiger partial charge in [0.1, 0.15) is 12.4 Å². The van der Waals surface area contributed by atoms with Gasteiger partial charge in [0.15, 0.2) is 0 Å². The van der Waals surface area contributed by atoms with Crippen LogP contribution in [0.15, 0.2) is 35.2 Å². The predicted octanol–water partition coefficient (Wildman–Crippen LogP) is 3.27. The van der Waals surface area contributed by atoms with E-state index in [4.69, 9.17) is 9.47 Å². The first-order chi connectivity index (χ1) is 11.1. The third-order valence-electron chi connectivity index (χ3n) is 3.04. The van der Waals surface area contributed by atoms with Crippen LogP contribution in [0, 0.1) is 0 Å². The number of thiazole rings is 1. The van der Waals surface area contributed by atoms with Gasteiger partial charge in [-0.2, -0.15) is 0 Å². The summed E-state index contributed by atoms with van der Waals surface area (Å²) in [6.45, 7) is 5.69. The van der Waals surface area contributed by atoms with Crippen molar-refractivity contribution in [3.8, 4) is 5.75 Å². The lowest BCUT2D eigenvalue weighted by Gasteiger charge is -2.09. The second-order valence-electron chi connectivity index (χ2n) is 5.32. The van der Waals surface area contributed by atoms with E-state index in [0.717, 1.165) is 17.9 Å². The van der Waals surface area contributed by atoms with E-state index >= 15 is 0 Å². The lowest BCUT2D eigenvalue weighted by molar-refractivity contribution is 0.0757. The topological polar surface area (TPSA) is 60.5 Å². The second-order valence-corrected chi connectivity index (χ2v) is 6.04. The van der Waals surface area contributed by atoms with Crippen LogP contribution in [0.25, 0.3) is 0 Å². The van der Waals surface area contributed by atoms with Crippen molar-refractivity contribution in [2.45, 2.75) is 33.0 Å². The summed E-state index contributed by atoms with van der Waals surface area (Å²) in [5, 5.41) is 4.83. The van der Waals surface area contributed by atoms with Crippen LogP contribution in [0.5, 0.6) is 5.75 Å². The van der Waals surface area contributed by atoms with Crippen molar-refractivity contribution in [2.75, 3.05) is 13.2 Å². The Hall–Kier alpha value is -1.92. The molecule has 1 N–H and O–H groups in total. The highest BCUT2D eigenvalue weighted by atomic mass is 32.1. The maximum absolute atomic E-state index is 12.0. The quantitative estimate of drug-likeness (QED) is 0.715. The van der Waals surface area contributed by atoms with Crippen molar-refractivity contribution in [3.05, 3.63) is 46.4 Å². The van der Waals surface area contributed by atoms with Crippen molar-refractivity contribution < 1.29 is 14.3 Å². The molecule has 0 saturated carbocycles. The first-order valence-electron chi connectivity index (χ1n) is 7.65. The van der Waals surface area contributed by atoms with Crippen molar-refractivity contribution in [1.82, 2.24) is 10.3 Å². The molecule has 0 fully saturated rings. The number of benzene rings is 1. The molecule has 1 aromatic heterocycles. The van der Waals surface area contributed by atoms with E-state index in [1.807, 2.05) is 19.2 Å². The molecule has 0 radical (unpaired) electrons. The molecule has 23 heavy (non-hydrogen) atoms. The number of nitrogens with one attached hydrogen (secondary N) is 1. The van der Waals surface area contributed by atoms with Crippen LogP contribution in [0.3, 0.4) is 0 Å². The zero-order valence-electron chi connectivity index (χ0n) is 13.5. The molecule has 0 aliphatic rings. The third-order valence-corrected chi connectivity index (χ3v) is 3.68. The number of hydrogen-bond acceptors (Lipinski definition) is 5. The largest absolute Gasteiger partial charge is 0.487 e. The average molecular weight is 334 g/mol. The molecule has 2 rings (SSSR count). The second kappa shape index (κ2) is 9.27. The van der Waals surface area contributed by atoms with Crippen molar-refractivity contribution in [2.24, 2.45) is 0 Å². The molecule has 124 valence electrons. The lowest BCUT2D eigenvalue weighted by atomic mass is 10.2. The molecular formula is C17H22N2O3S. The monoisotopic (exact) mass is 334 g/mol. The smallest absolute Gasteiger partial charge is 0.251 e. The Bertz CT molecular complexity index is 582. The molecule has 0 spiro atoms. The number of carbonyl (C=O) groups is 1. The summed E-state index contributed by atoms with van der Waals surface area (Å²) in [6.07, 6.45) is 1.03. The Morgan fingerprint density at radius 3 is 2.74 bits per heavy atom. The van der Waals surface area contributed by atoms with Gasteiger partial charge in [-0.3, -0.25) is 4.79 Å². The molecule has 5 nitrogen and oxygen atoms in total. The standard InChI is InChI=1S/C17H22N2O3S/c1-13(2)21-9-3-8-18-17(20)14-4-6-16(7-5-14)22-10-15-11-23-12-19-15/h4-7,11-13H,3,8-10H2,1-2H3,(H,18,20). The highest BCUT2D eigenvalue weighted by molar-refractivity contribution is 7.07. The van der Waals surface area contributed by atoms with Gasteiger partial charge in [-0.05, 0) is 44.5 Å². The van der Waals surface area contributed by atoms with Gasteiger partial charge in [-0.1, -0.05) is 0 Å². The van der Waals surface area contributed by atoms with E-state index in [9.17, 15) is 4.79 Å². The van der Waals surface area contributed by atoms with Gasteiger partial charge in [0.25, 0.3) is 5.91 Å². The maximum atomic E-state index is 12.0. The van der Waals surface area contributed by atoms with Gasteiger partial charge in [0.05, 0.1) is 17.3 Å². The first kappa shape index (κ1) is 17.4. The van der Waals surface area contributed by atoms with Gasteiger partial charge >= 0.3 is 0 Å². The summed E-state index contributed by atoms with van der Waals surface area (Å²) in [5.74, 6) is 0.639. The van der Waals surface area contributed by atoms with E-state index in [1.165, 1.54) is 0 Å². The minimum Gasteiger partial charge on any atom is -0.487 e. The Kier molecular flexibility index (Phi) is 7.03. The van der Waals surface area contributed by atoms with Crippen LogP contribution in [0.2, 0.25) is 0 Å². The summed E-state index contributed by atoms with van der Waals surface area (Å²) < 4.78 is 11.0. The predicted molar refractivity (Wildman–Crippen MR) is 90.9 cm³/mol. The van der Waals surface area contributed by atoms with Crippen molar-refractivity contribution >= 4 is 17.2 Å². The van der Waals surface area contributed by atoms with Crippen molar-refractivity contribution in [3.63, 3.8) is 0 Å². The Morgan fingerprint density at radius 1 is 1.30 bits per heavy atom.